The van der Waals surface area contributed by atoms with E-state index in [9.17, 15) is 14.4 Å². The SMILES string of the molecule is CCOC(=O)CN(Cc1ccccc1)C(=O)/C(C)=C/c1ccc(C(=O)Oc2ccc(C(=N)N)cc2)cc1.Cl. The molecular formula is C29H30ClN3O5. The summed E-state index contributed by atoms with van der Waals surface area (Å²) in [6, 6.07) is 22.4. The number of nitrogens with zero attached hydrogens (tertiary/aromatic N) is 1. The summed E-state index contributed by atoms with van der Waals surface area (Å²) in [6.45, 7) is 3.74. The summed E-state index contributed by atoms with van der Waals surface area (Å²) < 4.78 is 10.4. The van der Waals surface area contributed by atoms with Gasteiger partial charge in [-0.25, -0.2) is 4.79 Å². The number of nitrogen functional groups attached to an aromatic ring is 1. The molecule has 1 amide bonds. The maximum Gasteiger partial charge on any atom is 0.343 e. The molecule has 3 rings (SSSR count). The van der Waals surface area contributed by atoms with Gasteiger partial charge in [-0.05, 0) is 67.4 Å². The Labute approximate surface area is 228 Å². The van der Waals surface area contributed by atoms with Gasteiger partial charge in [0.2, 0.25) is 5.91 Å². The summed E-state index contributed by atoms with van der Waals surface area (Å²) in [5.41, 5.74) is 8.34. The molecule has 0 unspecified atom stereocenters. The van der Waals surface area contributed by atoms with Gasteiger partial charge in [0, 0.05) is 17.7 Å². The monoisotopic (exact) mass is 535 g/mol. The minimum Gasteiger partial charge on any atom is -0.465 e. The number of rotatable bonds is 10. The second-order valence-corrected chi connectivity index (χ2v) is 8.23. The highest BCUT2D eigenvalue weighted by atomic mass is 35.5. The van der Waals surface area contributed by atoms with E-state index in [2.05, 4.69) is 0 Å². The predicted molar refractivity (Wildman–Crippen MR) is 148 cm³/mol. The molecule has 8 nitrogen and oxygen atoms in total. The van der Waals surface area contributed by atoms with Crippen LogP contribution in [0.25, 0.3) is 6.08 Å². The molecule has 0 atom stereocenters. The average Bonchev–Trinajstić information content (AvgIpc) is 2.89. The van der Waals surface area contributed by atoms with Crippen LogP contribution in [0.1, 0.15) is 40.9 Å². The summed E-state index contributed by atoms with van der Waals surface area (Å²) in [5.74, 6) is -1.05. The van der Waals surface area contributed by atoms with Gasteiger partial charge in [0.15, 0.2) is 0 Å². The number of nitrogens with two attached hydrogens (primary N) is 1. The summed E-state index contributed by atoms with van der Waals surface area (Å²) in [7, 11) is 0. The Bertz CT molecular complexity index is 1290. The Morgan fingerprint density at radius 2 is 1.53 bits per heavy atom. The molecule has 0 radical (unpaired) electrons. The van der Waals surface area contributed by atoms with E-state index in [1.54, 1.807) is 68.5 Å². The number of amides is 1. The maximum atomic E-state index is 13.2. The standard InChI is InChI=1S/C29H29N3O5.ClH/c1-3-36-26(33)19-32(18-22-7-5-4-6-8-22)28(34)20(2)17-21-9-11-24(12-10-21)29(35)37-25-15-13-23(14-16-25)27(30)31;/h4-17H,3,18-19H2,1-2H3,(H3,30,31);1H/b20-17+;. The topological polar surface area (TPSA) is 123 Å². The van der Waals surface area contributed by atoms with Gasteiger partial charge in [0.05, 0.1) is 12.2 Å². The number of esters is 2. The summed E-state index contributed by atoms with van der Waals surface area (Å²) in [6.07, 6.45) is 1.70. The van der Waals surface area contributed by atoms with E-state index < -0.39 is 11.9 Å². The van der Waals surface area contributed by atoms with E-state index in [1.165, 1.54) is 4.90 Å². The van der Waals surface area contributed by atoms with E-state index in [0.717, 1.165) is 5.56 Å². The van der Waals surface area contributed by atoms with E-state index in [-0.39, 0.29) is 43.8 Å². The molecule has 3 aromatic rings. The highest BCUT2D eigenvalue weighted by Gasteiger charge is 2.20. The number of ether oxygens (including phenoxy) is 2. The van der Waals surface area contributed by atoms with Crippen molar-refractivity contribution in [1.82, 2.24) is 4.90 Å². The lowest BCUT2D eigenvalue weighted by molar-refractivity contribution is -0.148. The van der Waals surface area contributed by atoms with Crippen molar-refractivity contribution >= 4 is 42.2 Å². The molecular weight excluding hydrogens is 506 g/mol. The Balaban J connectivity index is 0.00000507. The van der Waals surface area contributed by atoms with Crippen molar-refractivity contribution in [2.75, 3.05) is 13.2 Å². The van der Waals surface area contributed by atoms with E-state index >= 15 is 0 Å². The molecule has 0 heterocycles. The molecule has 198 valence electrons. The Kier molecular flexibility index (Phi) is 11.2. The first-order chi connectivity index (χ1) is 17.8. The number of halogens is 1. The van der Waals surface area contributed by atoms with Crippen LogP contribution in [0, 0.1) is 5.41 Å². The van der Waals surface area contributed by atoms with Crippen LogP contribution in [-0.2, 0) is 20.9 Å². The maximum absolute atomic E-state index is 13.2. The van der Waals surface area contributed by atoms with Gasteiger partial charge < -0.3 is 20.1 Å². The third-order valence-corrected chi connectivity index (χ3v) is 5.37. The number of hydrogen-bond acceptors (Lipinski definition) is 6. The predicted octanol–water partition coefficient (Wildman–Crippen LogP) is 4.61. The van der Waals surface area contributed by atoms with E-state index in [4.69, 9.17) is 20.6 Å². The molecule has 0 saturated heterocycles. The molecule has 38 heavy (non-hydrogen) atoms. The van der Waals surface area contributed by atoms with Crippen molar-refractivity contribution in [3.05, 3.63) is 107 Å². The molecule has 3 aromatic carbocycles. The molecule has 3 N–H and O–H groups in total. The van der Waals surface area contributed by atoms with Crippen molar-refractivity contribution in [1.29, 1.82) is 5.41 Å². The van der Waals surface area contributed by atoms with Crippen LogP contribution in [0.2, 0.25) is 0 Å². The van der Waals surface area contributed by atoms with Crippen LogP contribution in [0.15, 0.2) is 84.4 Å². The lowest BCUT2D eigenvalue weighted by Crippen LogP contribution is -2.36. The smallest absolute Gasteiger partial charge is 0.343 e. The second-order valence-electron chi connectivity index (χ2n) is 8.23. The van der Waals surface area contributed by atoms with Crippen LogP contribution in [0.5, 0.6) is 5.75 Å². The summed E-state index contributed by atoms with van der Waals surface area (Å²) in [5, 5.41) is 7.42. The molecule has 0 bridgehead atoms. The quantitative estimate of drug-likeness (QED) is 0.128. The van der Waals surface area contributed by atoms with Gasteiger partial charge in [0.25, 0.3) is 0 Å². The highest BCUT2D eigenvalue weighted by Crippen LogP contribution is 2.17. The fourth-order valence-corrected chi connectivity index (χ4v) is 3.51. The number of benzene rings is 3. The van der Waals surface area contributed by atoms with E-state index in [1.807, 2.05) is 30.3 Å². The number of carbonyl (C=O) groups excluding carboxylic acids is 3. The highest BCUT2D eigenvalue weighted by molar-refractivity contribution is 5.99. The Hall–Kier alpha value is -4.43. The van der Waals surface area contributed by atoms with Crippen LogP contribution in [-0.4, -0.2) is 41.7 Å². The molecule has 0 fully saturated rings. The first kappa shape index (κ1) is 29.8. The zero-order valence-corrected chi connectivity index (χ0v) is 22.0. The minimum atomic E-state index is -0.539. The summed E-state index contributed by atoms with van der Waals surface area (Å²) in [4.78, 5) is 39.2. The Morgan fingerprint density at radius 1 is 0.921 bits per heavy atom. The normalized spacial score (nSPS) is 10.6. The fraction of sp³-hybridized carbons (Fsp3) is 0.172. The van der Waals surface area contributed by atoms with E-state index in [0.29, 0.717) is 28.0 Å². The lowest BCUT2D eigenvalue weighted by atomic mass is 10.1. The zero-order valence-electron chi connectivity index (χ0n) is 21.2. The van der Waals surface area contributed by atoms with Crippen molar-refractivity contribution < 1.29 is 23.9 Å². The second kappa shape index (κ2) is 14.3. The molecule has 0 aliphatic heterocycles. The van der Waals surface area contributed by atoms with Gasteiger partial charge >= 0.3 is 11.9 Å². The van der Waals surface area contributed by atoms with Crippen LogP contribution < -0.4 is 10.5 Å². The van der Waals surface area contributed by atoms with Crippen molar-refractivity contribution in [2.24, 2.45) is 5.73 Å². The average molecular weight is 536 g/mol. The van der Waals surface area contributed by atoms with Crippen LogP contribution >= 0.6 is 12.4 Å². The van der Waals surface area contributed by atoms with Crippen LogP contribution in [0.4, 0.5) is 0 Å². The van der Waals surface area contributed by atoms with Crippen molar-refractivity contribution in [2.45, 2.75) is 20.4 Å². The number of amidine groups is 1. The molecule has 0 spiro atoms. The van der Waals surface area contributed by atoms with Gasteiger partial charge in [-0.3, -0.25) is 15.0 Å². The first-order valence-electron chi connectivity index (χ1n) is 11.7. The Morgan fingerprint density at radius 3 is 2.11 bits per heavy atom. The van der Waals surface area contributed by atoms with Crippen LogP contribution in [0.3, 0.4) is 0 Å². The zero-order chi connectivity index (χ0) is 26.8. The number of hydrogen-bond donors (Lipinski definition) is 2. The first-order valence-corrected chi connectivity index (χ1v) is 11.7. The summed E-state index contributed by atoms with van der Waals surface area (Å²) >= 11 is 0. The third-order valence-electron chi connectivity index (χ3n) is 5.37. The number of nitrogens with one attached hydrogen (secondary N) is 1. The minimum absolute atomic E-state index is 0. The molecule has 9 heteroatoms. The molecule has 0 aliphatic rings. The fourth-order valence-electron chi connectivity index (χ4n) is 3.51. The lowest BCUT2D eigenvalue weighted by Gasteiger charge is -2.22. The van der Waals surface area contributed by atoms with Gasteiger partial charge in [-0.2, -0.15) is 0 Å². The van der Waals surface area contributed by atoms with Gasteiger partial charge in [0.1, 0.15) is 18.1 Å². The molecule has 0 aromatic heterocycles. The van der Waals surface area contributed by atoms with Gasteiger partial charge in [-0.1, -0.05) is 42.5 Å². The van der Waals surface area contributed by atoms with Crippen molar-refractivity contribution in [3.8, 4) is 5.75 Å². The molecule has 0 aliphatic carbocycles. The van der Waals surface area contributed by atoms with Gasteiger partial charge in [-0.15, -0.1) is 12.4 Å². The largest absolute Gasteiger partial charge is 0.465 e. The molecule has 0 saturated carbocycles. The van der Waals surface area contributed by atoms with Crippen molar-refractivity contribution in [3.63, 3.8) is 0 Å². The number of carbonyl (C=O) groups is 3. The third kappa shape index (κ3) is 8.60.